The van der Waals surface area contributed by atoms with Crippen LogP contribution in [0.15, 0.2) is 53.0 Å². The number of rotatable bonds is 1. The van der Waals surface area contributed by atoms with Crippen LogP contribution >= 0.6 is 15.9 Å². The largest absolute Gasteiger partial charge is 0.356 e. The minimum atomic E-state index is 0.0111. The summed E-state index contributed by atoms with van der Waals surface area (Å²) in [5, 5.41) is 2.31. The summed E-state index contributed by atoms with van der Waals surface area (Å²) < 4.78 is 0.841. The molecule has 5 heteroatoms. The molecule has 5 rings (SSSR count). The van der Waals surface area contributed by atoms with Gasteiger partial charge in [0.15, 0.2) is 0 Å². The molecule has 1 atom stereocenters. The molecule has 2 aromatic heterocycles. The molecule has 0 bridgehead atoms. The van der Waals surface area contributed by atoms with Crippen LogP contribution in [0.1, 0.15) is 34.7 Å². The normalized spacial score (nSPS) is 17.0. The van der Waals surface area contributed by atoms with E-state index >= 15 is 0 Å². The van der Waals surface area contributed by atoms with Crippen molar-refractivity contribution in [3.05, 3.63) is 70.0 Å². The molecule has 4 nitrogen and oxygen atoms in total. The van der Waals surface area contributed by atoms with Crippen molar-refractivity contribution in [2.24, 2.45) is 0 Å². The second-order valence-corrected chi connectivity index (χ2v) is 7.64. The number of H-pyrrole nitrogens is 2. The van der Waals surface area contributed by atoms with Gasteiger partial charge in [-0.3, -0.25) is 4.79 Å². The van der Waals surface area contributed by atoms with Crippen LogP contribution in [-0.4, -0.2) is 27.3 Å². The quantitative estimate of drug-likeness (QED) is 0.449. The van der Waals surface area contributed by atoms with E-state index in [1.165, 1.54) is 10.9 Å². The second-order valence-electron chi connectivity index (χ2n) is 6.85. The molecule has 2 N–H and O–H groups in total. The number of aromatic amines is 2. The van der Waals surface area contributed by atoms with Crippen LogP contribution in [0.25, 0.3) is 21.8 Å². The van der Waals surface area contributed by atoms with Gasteiger partial charge in [-0.25, -0.2) is 0 Å². The summed E-state index contributed by atoms with van der Waals surface area (Å²) in [4.78, 5) is 22.0. The van der Waals surface area contributed by atoms with Gasteiger partial charge in [0.05, 0.1) is 10.5 Å². The number of fused-ring (bicyclic) bond motifs is 4. The third kappa shape index (κ3) is 2.16. The Hall–Kier alpha value is -2.53. The summed E-state index contributed by atoms with van der Waals surface area (Å²) in [6, 6.07) is 16.3. The number of aromatic nitrogens is 2. The van der Waals surface area contributed by atoms with Gasteiger partial charge in [-0.1, -0.05) is 36.4 Å². The highest BCUT2D eigenvalue weighted by atomic mass is 79.9. The molecule has 0 radical (unpaired) electrons. The number of amides is 1. The minimum absolute atomic E-state index is 0.0111. The third-order valence-corrected chi connectivity index (χ3v) is 6.28. The predicted octanol–water partition coefficient (Wildman–Crippen LogP) is 5.17. The first-order valence-corrected chi connectivity index (χ1v) is 9.61. The van der Waals surface area contributed by atoms with E-state index in [1.807, 2.05) is 35.2 Å². The molecular weight excluding hydrogens is 390 g/mol. The lowest BCUT2D eigenvalue weighted by atomic mass is 9.98. The van der Waals surface area contributed by atoms with E-state index in [0.29, 0.717) is 5.69 Å². The number of carbonyl (C=O) groups excluding carboxylic acids is 1. The predicted molar refractivity (Wildman–Crippen MR) is 107 cm³/mol. The summed E-state index contributed by atoms with van der Waals surface area (Å²) in [5.74, 6) is 0.0323. The van der Waals surface area contributed by atoms with Crippen LogP contribution in [-0.2, 0) is 6.42 Å². The lowest BCUT2D eigenvalue weighted by Crippen LogP contribution is -2.39. The van der Waals surface area contributed by atoms with E-state index in [0.717, 1.165) is 39.6 Å². The van der Waals surface area contributed by atoms with Crippen molar-refractivity contribution in [1.82, 2.24) is 14.9 Å². The van der Waals surface area contributed by atoms with Gasteiger partial charge in [0.2, 0.25) is 0 Å². The van der Waals surface area contributed by atoms with E-state index in [-0.39, 0.29) is 11.9 Å². The molecule has 2 aromatic carbocycles. The van der Waals surface area contributed by atoms with E-state index in [1.54, 1.807) is 0 Å². The summed E-state index contributed by atoms with van der Waals surface area (Å²) in [6.45, 7) is 2.82. The Morgan fingerprint density at radius 3 is 2.42 bits per heavy atom. The van der Waals surface area contributed by atoms with Crippen molar-refractivity contribution in [2.45, 2.75) is 19.4 Å². The van der Waals surface area contributed by atoms with E-state index in [2.05, 4.69) is 51.0 Å². The summed E-state index contributed by atoms with van der Waals surface area (Å²) >= 11 is 3.61. The third-order valence-electron chi connectivity index (χ3n) is 5.45. The average molecular weight is 408 g/mol. The highest BCUT2D eigenvalue weighted by molar-refractivity contribution is 9.10. The first-order valence-electron chi connectivity index (χ1n) is 8.82. The maximum Gasteiger partial charge on any atom is 0.272 e. The van der Waals surface area contributed by atoms with Crippen LogP contribution in [0.2, 0.25) is 0 Å². The molecule has 4 aromatic rings. The lowest BCUT2D eigenvalue weighted by Gasteiger charge is -2.33. The number of nitrogens with zero attached hydrogens (tertiary/aromatic N) is 1. The Bertz CT molecular complexity index is 1160. The number of hydrogen-bond acceptors (Lipinski definition) is 1. The van der Waals surface area contributed by atoms with Gasteiger partial charge < -0.3 is 14.9 Å². The molecule has 0 fully saturated rings. The van der Waals surface area contributed by atoms with Crippen molar-refractivity contribution < 1.29 is 4.79 Å². The molecule has 0 saturated carbocycles. The van der Waals surface area contributed by atoms with E-state index in [4.69, 9.17) is 0 Å². The van der Waals surface area contributed by atoms with E-state index < -0.39 is 0 Å². The molecule has 26 heavy (non-hydrogen) atoms. The molecule has 130 valence electrons. The molecule has 1 aliphatic rings. The Balaban J connectivity index is 1.56. The van der Waals surface area contributed by atoms with Crippen molar-refractivity contribution in [3.63, 3.8) is 0 Å². The fourth-order valence-corrected chi connectivity index (χ4v) is 4.72. The van der Waals surface area contributed by atoms with Gasteiger partial charge in [0, 0.05) is 34.0 Å². The van der Waals surface area contributed by atoms with Crippen LogP contribution < -0.4 is 0 Å². The topological polar surface area (TPSA) is 51.9 Å². The van der Waals surface area contributed by atoms with Gasteiger partial charge >= 0.3 is 0 Å². The number of benzene rings is 2. The second kappa shape index (κ2) is 5.74. The minimum Gasteiger partial charge on any atom is -0.356 e. The summed E-state index contributed by atoms with van der Waals surface area (Å²) in [5.41, 5.74) is 5.23. The number of hydrogen-bond donors (Lipinski definition) is 2. The van der Waals surface area contributed by atoms with E-state index in [9.17, 15) is 4.79 Å². The van der Waals surface area contributed by atoms with Crippen molar-refractivity contribution in [3.8, 4) is 0 Å². The van der Waals surface area contributed by atoms with Gasteiger partial charge in [-0.15, -0.1) is 0 Å². The lowest BCUT2D eigenvalue weighted by molar-refractivity contribution is 0.0668. The highest BCUT2D eigenvalue weighted by Crippen LogP contribution is 2.36. The fraction of sp³-hybridized carbons (Fsp3) is 0.190. The first-order chi connectivity index (χ1) is 12.6. The highest BCUT2D eigenvalue weighted by Gasteiger charge is 2.32. The van der Waals surface area contributed by atoms with Gasteiger partial charge in [0.25, 0.3) is 5.91 Å². The molecule has 0 unspecified atom stereocenters. The maximum atomic E-state index is 13.3. The smallest absolute Gasteiger partial charge is 0.272 e. The molecular formula is C21H18BrN3O. The molecule has 0 spiro atoms. The number of carbonyl (C=O) groups is 1. The number of halogens is 1. The van der Waals surface area contributed by atoms with Crippen LogP contribution in [0.4, 0.5) is 0 Å². The molecule has 1 aliphatic heterocycles. The molecule has 0 saturated heterocycles. The van der Waals surface area contributed by atoms with Crippen molar-refractivity contribution in [1.29, 1.82) is 0 Å². The van der Waals surface area contributed by atoms with Crippen LogP contribution in [0.3, 0.4) is 0 Å². The Labute approximate surface area is 159 Å². The summed E-state index contributed by atoms with van der Waals surface area (Å²) in [7, 11) is 0. The SMILES string of the molecule is C[C@@H]1c2[nH]c3ccccc3c2CCN1C(=O)c1[nH]c2ccccc2c1Br. The molecule has 0 aliphatic carbocycles. The standard InChI is InChI=1S/C21H18BrN3O/c1-12-19-14(13-6-2-4-8-16(13)23-19)10-11-25(12)21(26)20-18(22)15-7-3-5-9-17(15)24-20/h2-9,12,23-24H,10-11H2,1H3/t12-/m1/s1. The van der Waals surface area contributed by atoms with Gasteiger partial charge in [-0.2, -0.15) is 0 Å². The zero-order chi connectivity index (χ0) is 17.8. The van der Waals surface area contributed by atoms with Gasteiger partial charge in [-0.05, 0) is 47.0 Å². The fourth-order valence-electron chi connectivity index (χ4n) is 4.10. The zero-order valence-electron chi connectivity index (χ0n) is 14.3. The summed E-state index contributed by atoms with van der Waals surface area (Å²) in [6.07, 6.45) is 0.868. The Morgan fingerprint density at radius 2 is 1.69 bits per heavy atom. The first kappa shape index (κ1) is 15.7. The molecule has 3 heterocycles. The molecule has 1 amide bonds. The Kier molecular flexibility index (Phi) is 3.47. The van der Waals surface area contributed by atoms with Crippen LogP contribution in [0, 0.1) is 0 Å². The monoisotopic (exact) mass is 407 g/mol. The maximum absolute atomic E-state index is 13.3. The van der Waals surface area contributed by atoms with Crippen molar-refractivity contribution >= 4 is 43.6 Å². The number of para-hydroxylation sites is 2. The van der Waals surface area contributed by atoms with Crippen molar-refractivity contribution in [2.75, 3.05) is 6.54 Å². The van der Waals surface area contributed by atoms with Gasteiger partial charge in [0.1, 0.15) is 5.69 Å². The average Bonchev–Trinajstić information content (AvgIpc) is 3.21. The Morgan fingerprint density at radius 1 is 1.04 bits per heavy atom. The zero-order valence-corrected chi connectivity index (χ0v) is 15.9. The number of nitrogens with one attached hydrogen (secondary N) is 2. The van der Waals surface area contributed by atoms with Crippen LogP contribution in [0.5, 0.6) is 0 Å².